The average molecular weight is 323 g/mol. The van der Waals surface area contributed by atoms with E-state index in [1.807, 2.05) is 0 Å². The van der Waals surface area contributed by atoms with Crippen LogP contribution in [-0.4, -0.2) is 49.5 Å². The van der Waals surface area contributed by atoms with Crippen LogP contribution in [0.3, 0.4) is 0 Å². The van der Waals surface area contributed by atoms with Gasteiger partial charge in [-0.05, 0) is 15.9 Å². The molecule has 1 aromatic heterocycles. The fourth-order valence-corrected chi connectivity index (χ4v) is 2.51. The maximum Gasteiger partial charge on any atom is 0.148 e. The smallest absolute Gasteiger partial charge is 0.148 e. The van der Waals surface area contributed by atoms with Crippen LogP contribution in [0, 0.1) is 0 Å². The van der Waals surface area contributed by atoms with Crippen LogP contribution >= 0.6 is 27.5 Å². The van der Waals surface area contributed by atoms with Crippen LogP contribution in [0.4, 0.5) is 5.82 Å². The lowest BCUT2D eigenvalue weighted by atomic mass is 10.3. The maximum atomic E-state index is 5.95. The molecule has 2 unspecified atom stereocenters. The van der Waals surface area contributed by atoms with E-state index >= 15 is 0 Å². The number of ether oxygens (including phenoxy) is 2. The number of hydrogen-bond acceptors (Lipinski definition) is 5. The van der Waals surface area contributed by atoms with Crippen molar-refractivity contribution in [3.8, 4) is 0 Å². The first-order valence-electron chi connectivity index (χ1n) is 5.14. The first kappa shape index (κ1) is 13.0. The fraction of sp³-hybridized carbons (Fsp3) is 0.600. The van der Waals surface area contributed by atoms with Gasteiger partial charge in [-0.15, -0.1) is 0 Å². The highest BCUT2D eigenvalue weighted by Gasteiger charge is 2.34. The lowest BCUT2D eigenvalue weighted by Crippen LogP contribution is -2.27. The van der Waals surface area contributed by atoms with E-state index in [1.54, 1.807) is 14.2 Å². The van der Waals surface area contributed by atoms with E-state index in [2.05, 4.69) is 30.8 Å². The summed E-state index contributed by atoms with van der Waals surface area (Å²) in [5, 5.41) is 0.407. The van der Waals surface area contributed by atoms with E-state index in [4.69, 9.17) is 21.1 Å². The van der Waals surface area contributed by atoms with Gasteiger partial charge >= 0.3 is 0 Å². The molecule has 94 valence electrons. The fourth-order valence-electron chi connectivity index (χ4n) is 1.93. The van der Waals surface area contributed by atoms with Gasteiger partial charge in [0.05, 0.1) is 4.47 Å². The molecule has 0 radical (unpaired) electrons. The number of halogens is 2. The van der Waals surface area contributed by atoms with Gasteiger partial charge in [0.15, 0.2) is 0 Å². The third-order valence-electron chi connectivity index (χ3n) is 2.85. The Morgan fingerprint density at radius 1 is 1.29 bits per heavy atom. The Morgan fingerprint density at radius 3 is 2.41 bits per heavy atom. The van der Waals surface area contributed by atoms with Crippen molar-refractivity contribution in [2.24, 2.45) is 0 Å². The molecule has 0 bridgehead atoms. The van der Waals surface area contributed by atoms with Gasteiger partial charge in [0, 0.05) is 27.3 Å². The minimum absolute atomic E-state index is 0.0423. The second-order valence-electron chi connectivity index (χ2n) is 3.76. The molecule has 0 aromatic carbocycles. The Kier molecular flexibility index (Phi) is 4.19. The van der Waals surface area contributed by atoms with Crippen molar-refractivity contribution in [1.82, 2.24) is 9.97 Å². The molecule has 1 fully saturated rings. The van der Waals surface area contributed by atoms with Gasteiger partial charge in [-0.3, -0.25) is 0 Å². The molecule has 2 atom stereocenters. The van der Waals surface area contributed by atoms with E-state index in [0.29, 0.717) is 9.63 Å². The molecule has 0 amide bonds. The highest BCUT2D eigenvalue weighted by molar-refractivity contribution is 9.10. The number of aromatic nitrogens is 2. The van der Waals surface area contributed by atoms with Crippen molar-refractivity contribution in [3.63, 3.8) is 0 Å². The Bertz CT molecular complexity index is 395. The summed E-state index contributed by atoms with van der Waals surface area (Å²) in [6.45, 7) is 1.45. The number of rotatable bonds is 3. The summed E-state index contributed by atoms with van der Waals surface area (Å²) in [7, 11) is 3.37. The predicted octanol–water partition coefficient (Wildman–Crippen LogP) is 1.74. The lowest BCUT2D eigenvalue weighted by molar-refractivity contribution is -0.00461. The minimum atomic E-state index is 0.0423. The van der Waals surface area contributed by atoms with Crippen LogP contribution in [0.2, 0.25) is 5.15 Å². The van der Waals surface area contributed by atoms with Gasteiger partial charge in [0.2, 0.25) is 0 Å². The van der Waals surface area contributed by atoms with Crippen molar-refractivity contribution in [2.75, 3.05) is 32.2 Å². The second-order valence-corrected chi connectivity index (χ2v) is 4.91. The van der Waals surface area contributed by atoms with Crippen molar-refractivity contribution in [1.29, 1.82) is 0 Å². The van der Waals surface area contributed by atoms with Gasteiger partial charge in [-0.2, -0.15) is 0 Å². The van der Waals surface area contributed by atoms with Crippen molar-refractivity contribution in [3.05, 3.63) is 16.0 Å². The van der Waals surface area contributed by atoms with Crippen LogP contribution < -0.4 is 4.90 Å². The molecule has 0 aliphatic carbocycles. The molecule has 0 N–H and O–H groups in total. The molecule has 1 aliphatic rings. The van der Waals surface area contributed by atoms with Crippen LogP contribution in [-0.2, 0) is 9.47 Å². The number of methoxy groups -OCH3 is 2. The molecule has 17 heavy (non-hydrogen) atoms. The third-order valence-corrected chi connectivity index (χ3v) is 4.09. The normalized spacial score (nSPS) is 24.4. The second kappa shape index (κ2) is 5.48. The molecule has 0 spiro atoms. The zero-order valence-electron chi connectivity index (χ0n) is 9.56. The summed E-state index contributed by atoms with van der Waals surface area (Å²) in [6.07, 6.45) is 1.53. The Balaban J connectivity index is 2.22. The van der Waals surface area contributed by atoms with Crippen molar-refractivity contribution >= 4 is 33.3 Å². The summed E-state index contributed by atoms with van der Waals surface area (Å²) in [5.41, 5.74) is 0. The zero-order chi connectivity index (χ0) is 12.4. The highest BCUT2D eigenvalue weighted by Crippen LogP contribution is 2.31. The third kappa shape index (κ3) is 2.54. The topological polar surface area (TPSA) is 47.5 Å². The minimum Gasteiger partial charge on any atom is -0.377 e. The molecule has 1 aromatic rings. The van der Waals surface area contributed by atoms with E-state index < -0.39 is 0 Å². The largest absolute Gasteiger partial charge is 0.377 e. The first-order valence-corrected chi connectivity index (χ1v) is 6.31. The molecule has 7 heteroatoms. The molecule has 1 aliphatic heterocycles. The molecular formula is C10H13BrClN3O2. The van der Waals surface area contributed by atoms with Crippen LogP contribution in [0.25, 0.3) is 0 Å². The van der Waals surface area contributed by atoms with Crippen molar-refractivity contribution in [2.45, 2.75) is 12.2 Å². The van der Waals surface area contributed by atoms with Gasteiger partial charge < -0.3 is 14.4 Å². The SMILES string of the molecule is COC1CN(c2ncnc(Cl)c2Br)CC1OC. The summed E-state index contributed by atoms with van der Waals surface area (Å²) >= 11 is 9.34. The Morgan fingerprint density at radius 2 is 1.88 bits per heavy atom. The predicted molar refractivity (Wildman–Crippen MR) is 68.5 cm³/mol. The van der Waals surface area contributed by atoms with Gasteiger partial charge in [-0.1, -0.05) is 11.6 Å². The number of anilines is 1. The number of hydrogen-bond donors (Lipinski definition) is 0. The van der Waals surface area contributed by atoms with E-state index in [0.717, 1.165) is 18.9 Å². The van der Waals surface area contributed by atoms with Crippen LogP contribution in [0.1, 0.15) is 0 Å². The van der Waals surface area contributed by atoms with Crippen LogP contribution in [0.5, 0.6) is 0 Å². The average Bonchev–Trinajstić information content (AvgIpc) is 2.75. The molecular weight excluding hydrogens is 309 g/mol. The van der Waals surface area contributed by atoms with Gasteiger partial charge in [-0.25, -0.2) is 9.97 Å². The molecule has 2 heterocycles. The Hall–Kier alpha value is -0.430. The summed E-state index contributed by atoms with van der Waals surface area (Å²) in [6, 6.07) is 0. The summed E-state index contributed by atoms with van der Waals surface area (Å²) in [5.74, 6) is 0.770. The number of nitrogens with zero attached hydrogens (tertiary/aromatic N) is 3. The van der Waals surface area contributed by atoms with Crippen molar-refractivity contribution < 1.29 is 9.47 Å². The summed E-state index contributed by atoms with van der Waals surface area (Å²) in [4.78, 5) is 10.2. The quantitative estimate of drug-likeness (QED) is 0.793. The molecule has 2 rings (SSSR count). The molecule has 5 nitrogen and oxygen atoms in total. The van der Waals surface area contributed by atoms with E-state index in [-0.39, 0.29) is 12.2 Å². The van der Waals surface area contributed by atoms with E-state index in [1.165, 1.54) is 6.33 Å². The lowest BCUT2D eigenvalue weighted by Gasteiger charge is -2.18. The Labute approximate surface area is 113 Å². The van der Waals surface area contributed by atoms with Gasteiger partial charge in [0.1, 0.15) is 29.5 Å². The van der Waals surface area contributed by atoms with Gasteiger partial charge in [0.25, 0.3) is 0 Å². The monoisotopic (exact) mass is 321 g/mol. The molecule has 1 saturated heterocycles. The zero-order valence-corrected chi connectivity index (χ0v) is 11.9. The standard InChI is InChI=1S/C10H13BrClN3O2/c1-16-6-3-15(4-7(6)17-2)10-8(11)9(12)13-5-14-10/h5-7H,3-4H2,1-2H3. The van der Waals surface area contributed by atoms with E-state index in [9.17, 15) is 0 Å². The first-order chi connectivity index (χ1) is 8.17. The molecule has 0 saturated carbocycles. The highest BCUT2D eigenvalue weighted by atomic mass is 79.9. The maximum absolute atomic E-state index is 5.95. The van der Waals surface area contributed by atoms with Crippen LogP contribution in [0.15, 0.2) is 10.8 Å². The summed E-state index contributed by atoms with van der Waals surface area (Å²) < 4.78 is 11.5.